The van der Waals surface area contributed by atoms with E-state index in [-0.39, 0.29) is 36.8 Å². The van der Waals surface area contributed by atoms with Crippen molar-refractivity contribution in [2.45, 2.75) is 58.5 Å². The molecule has 6 heteroatoms. The van der Waals surface area contributed by atoms with Crippen LogP contribution < -0.4 is 11.1 Å². The predicted molar refractivity (Wildman–Crippen MR) is 89.8 cm³/mol. The Morgan fingerprint density at radius 1 is 1.35 bits per heavy atom. The molecule has 0 radical (unpaired) electrons. The summed E-state index contributed by atoms with van der Waals surface area (Å²) >= 11 is 0. The van der Waals surface area contributed by atoms with Gasteiger partial charge in [0.25, 0.3) is 0 Å². The topological polar surface area (TPSA) is 58.4 Å². The lowest BCUT2D eigenvalue weighted by Crippen LogP contribution is -2.43. The number of rotatable bonds is 6. The molecule has 0 bridgehead atoms. The van der Waals surface area contributed by atoms with E-state index in [0.717, 1.165) is 19.5 Å². The number of halogens is 2. The summed E-state index contributed by atoms with van der Waals surface area (Å²) in [6.45, 7) is 9.56. The van der Waals surface area contributed by atoms with Crippen LogP contribution in [0.4, 0.5) is 0 Å². The van der Waals surface area contributed by atoms with Gasteiger partial charge in [-0.3, -0.25) is 4.79 Å². The van der Waals surface area contributed by atoms with Crippen LogP contribution in [0.5, 0.6) is 0 Å². The normalized spacial score (nSPS) is 20.8. The monoisotopic (exact) mass is 327 g/mol. The molecule has 3 N–H and O–H groups in total. The smallest absolute Gasteiger partial charge is 0.220 e. The lowest BCUT2D eigenvalue weighted by atomic mass is 9.97. The zero-order valence-corrected chi connectivity index (χ0v) is 14.6. The van der Waals surface area contributed by atoms with Crippen molar-refractivity contribution in [1.82, 2.24) is 10.2 Å². The largest absolute Gasteiger partial charge is 0.356 e. The Kier molecular flexibility index (Phi) is 12.9. The zero-order valence-electron chi connectivity index (χ0n) is 12.9. The molecule has 20 heavy (non-hydrogen) atoms. The standard InChI is InChI=1S/C14H29N3O.2ClH/c1-11(2)17-8-4-5-13(10-17)9-16-14(18)7-6-12(3)15;;/h11-13H,4-10,15H2,1-3H3,(H,16,18);2*1H. The van der Waals surface area contributed by atoms with Crippen molar-refractivity contribution in [1.29, 1.82) is 0 Å². The lowest BCUT2D eigenvalue weighted by Gasteiger charge is -2.35. The van der Waals surface area contributed by atoms with Crippen molar-refractivity contribution in [3.8, 4) is 0 Å². The van der Waals surface area contributed by atoms with Crippen molar-refractivity contribution < 1.29 is 4.79 Å². The van der Waals surface area contributed by atoms with Crippen LogP contribution in [-0.4, -0.2) is 42.5 Å². The summed E-state index contributed by atoms with van der Waals surface area (Å²) in [6, 6.07) is 0.725. The van der Waals surface area contributed by atoms with E-state index in [1.54, 1.807) is 0 Å². The van der Waals surface area contributed by atoms with Crippen molar-refractivity contribution >= 4 is 30.7 Å². The Hall–Kier alpha value is -0.0300. The minimum Gasteiger partial charge on any atom is -0.356 e. The minimum absolute atomic E-state index is 0. The molecule has 0 spiro atoms. The summed E-state index contributed by atoms with van der Waals surface area (Å²) in [7, 11) is 0. The van der Waals surface area contributed by atoms with Crippen LogP contribution in [0, 0.1) is 5.92 Å². The summed E-state index contributed by atoms with van der Waals surface area (Å²) in [4.78, 5) is 14.1. The van der Waals surface area contributed by atoms with Gasteiger partial charge in [-0.05, 0) is 52.5 Å². The van der Waals surface area contributed by atoms with E-state index in [9.17, 15) is 4.79 Å². The molecule has 122 valence electrons. The number of carbonyl (C=O) groups excluding carboxylic acids is 1. The number of carbonyl (C=O) groups is 1. The van der Waals surface area contributed by atoms with Gasteiger partial charge in [0.1, 0.15) is 0 Å². The molecular formula is C14H31Cl2N3O. The number of piperidine rings is 1. The first kappa shape index (κ1) is 22.3. The first-order valence-corrected chi connectivity index (χ1v) is 7.25. The number of nitrogens with two attached hydrogens (primary N) is 1. The summed E-state index contributed by atoms with van der Waals surface area (Å²) in [6.07, 6.45) is 3.81. The van der Waals surface area contributed by atoms with Gasteiger partial charge in [-0.15, -0.1) is 24.8 Å². The van der Waals surface area contributed by atoms with E-state index in [1.165, 1.54) is 19.4 Å². The van der Waals surface area contributed by atoms with Crippen LogP contribution in [0.1, 0.15) is 46.5 Å². The highest BCUT2D eigenvalue weighted by Crippen LogP contribution is 2.17. The number of nitrogens with one attached hydrogen (secondary N) is 1. The molecule has 0 aromatic heterocycles. The van der Waals surface area contributed by atoms with Crippen LogP contribution >= 0.6 is 24.8 Å². The van der Waals surface area contributed by atoms with E-state index in [4.69, 9.17) is 5.73 Å². The molecule has 1 rings (SSSR count). The molecule has 1 heterocycles. The average Bonchev–Trinajstić information content (AvgIpc) is 2.34. The van der Waals surface area contributed by atoms with Crippen LogP contribution in [-0.2, 0) is 4.79 Å². The highest BCUT2D eigenvalue weighted by Gasteiger charge is 2.21. The summed E-state index contributed by atoms with van der Waals surface area (Å²) < 4.78 is 0. The van der Waals surface area contributed by atoms with Gasteiger partial charge < -0.3 is 16.0 Å². The van der Waals surface area contributed by atoms with Gasteiger partial charge >= 0.3 is 0 Å². The van der Waals surface area contributed by atoms with Crippen LogP contribution in [0.3, 0.4) is 0 Å². The number of hydrogen-bond acceptors (Lipinski definition) is 3. The van der Waals surface area contributed by atoms with Crippen LogP contribution in [0.2, 0.25) is 0 Å². The number of nitrogens with zero attached hydrogens (tertiary/aromatic N) is 1. The molecule has 1 aliphatic heterocycles. The van der Waals surface area contributed by atoms with E-state index < -0.39 is 0 Å². The fraction of sp³-hybridized carbons (Fsp3) is 0.929. The van der Waals surface area contributed by atoms with Crippen LogP contribution in [0.25, 0.3) is 0 Å². The third-order valence-electron chi connectivity index (χ3n) is 3.70. The Morgan fingerprint density at radius 2 is 2.00 bits per heavy atom. The second-order valence-corrected chi connectivity index (χ2v) is 5.92. The van der Waals surface area contributed by atoms with Crippen molar-refractivity contribution in [2.24, 2.45) is 11.7 Å². The van der Waals surface area contributed by atoms with Gasteiger partial charge in [0, 0.05) is 31.6 Å². The summed E-state index contributed by atoms with van der Waals surface area (Å²) in [5.41, 5.74) is 5.64. The molecule has 0 aromatic carbocycles. The Labute approximate surface area is 136 Å². The molecule has 1 fully saturated rings. The maximum atomic E-state index is 11.6. The SMILES string of the molecule is CC(N)CCC(=O)NCC1CCCN(C(C)C)C1.Cl.Cl. The van der Waals surface area contributed by atoms with Crippen molar-refractivity contribution in [3.63, 3.8) is 0 Å². The molecule has 0 saturated carbocycles. The fourth-order valence-electron chi connectivity index (χ4n) is 2.44. The van der Waals surface area contributed by atoms with Gasteiger partial charge in [0.15, 0.2) is 0 Å². The fourth-order valence-corrected chi connectivity index (χ4v) is 2.44. The third kappa shape index (κ3) is 9.01. The molecule has 1 saturated heterocycles. The van der Waals surface area contributed by atoms with Crippen LogP contribution in [0.15, 0.2) is 0 Å². The Morgan fingerprint density at radius 3 is 2.55 bits per heavy atom. The Balaban J connectivity index is 0. The second kappa shape index (κ2) is 11.6. The highest BCUT2D eigenvalue weighted by molar-refractivity contribution is 5.85. The molecule has 0 aromatic rings. The van der Waals surface area contributed by atoms with Gasteiger partial charge in [-0.1, -0.05) is 0 Å². The molecular weight excluding hydrogens is 297 g/mol. The molecule has 2 unspecified atom stereocenters. The lowest BCUT2D eigenvalue weighted by molar-refractivity contribution is -0.121. The van der Waals surface area contributed by atoms with E-state index in [2.05, 4.69) is 24.1 Å². The second-order valence-electron chi connectivity index (χ2n) is 5.92. The minimum atomic E-state index is 0. The van der Waals surface area contributed by atoms with Crippen molar-refractivity contribution in [2.75, 3.05) is 19.6 Å². The molecule has 4 nitrogen and oxygen atoms in total. The summed E-state index contributed by atoms with van der Waals surface area (Å²) in [5.74, 6) is 0.759. The van der Waals surface area contributed by atoms with E-state index >= 15 is 0 Å². The maximum Gasteiger partial charge on any atom is 0.220 e. The number of likely N-dealkylation sites (tertiary alicyclic amines) is 1. The number of hydrogen-bond donors (Lipinski definition) is 2. The predicted octanol–water partition coefficient (Wildman–Crippen LogP) is 2.19. The van der Waals surface area contributed by atoms with Gasteiger partial charge in [0.05, 0.1) is 0 Å². The van der Waals surface area contributed by atoms with Gasteiger partial charge in [-0.2, -0.15) is 0 Å². The Bertz CT molecular complexity index is 263. The molecule has 1 aliphatic rings. The molecule has 2 atom stereocenters. The third-order valence-corrected chi connectivity index (χ3v) is 3.70. The summed E-state index contributed by atoms with van der Waals surface area (Å²) in [5, 5.41) is 3.05. The van der Waals surface area contributed by atoms with Gasteiger partial charge in [0.2, 0.25) is 5.91 Å². The molecule has 1 amide bonds. The average molecular weight is 328 g/mol. The first-order chi connectivity index (χ1) is 8.49. The highest BCUT2D eigenvalue weighted by atomic mass is 35.5. The van der Waals surface area contributed by atoms with Crippen molar-refractivity contribution in [3.05, 3.63) is 0 Å². The molecule has 0 aliphatic carbocycles. The van der Waals surface area contributed by atoms with Gasteiger partial charge in [-0.25, -0.2) is 0 Å². The van der Waals surface area contributed by atoms with E-state index in [1.807, 2.05) is 6.92 Å². The zero-order chi connectivity index (χ0) is 13.5. The first-order valence-electron chi connectivity index (χ1n) is 7.25. The van der Waals surface area contributed by atoms with E-state index in [0.29, 0.717) is 18.4 Å². The number of amides is 1. The maximum absolute atomic E-state index is 11.6. The quantitative estimate of drug-likeness (QED) is 0.786.